The Labute approximate surface area is 114 Å². The molecule has 0 aliphatic carbocycles. The maximum atomic E-state index is 6.00. The summed E-state index contributed by atoms with van der Waals surface area (Å²) >= 11 is 0. The van der Waals surface area contributed by atoms with Crippen LogP contribution in [0.3, 0.4) is 0 Å². The predicted octanol–water partition coefficient (Wildman–Crippen LogP) is 5.37. The molecule has 0 bridgehead atoms. The fourth-order valence-electron chi connectivity index (χ4n) is 2.86. The van der Waals surface area contributed by atoms with E-state index < -0.39 is 0 Å². The fourth-order valence-corrected chi connectivity index (χ4v) is 2.86. The van der Waals surface area contributed by atoms with Crippen LogP contribution in [0, 0.1) is 10.8 Å². The molecular formula is C16H34O2. The van der Waals surface area contributed by atoms with Gasteiger partial charge in [-0.05, 0) is 23.7 Å². The molecule has 0 aromatic heterocycles. The number of hydrogen-bond acceptors (Lipinski definition) is 2. The zero-order valence-corrected chi connectivity index (χ0v) is 13.9. The molecular weight excluding hydrogens is 224 g/mol. The van der Waals surface area contributed by atoms with Crippen molar-refractivity contribution in [3.05, 3.63) is 0 Å². The Bertz CT molecular complexity index is 206. The van der Waals surface area contributed by atoms with Gasteiger partial charge in [-0.3, -0.25) is 0 Å². The Morgan fingerprint density at radius 2 is 1.28 bits per heavy atom. The minimum atomic E-state index is -0.248. The second-order valence-corrected chi connectivity index (χ2v) is 7.34. The first kappa shape index (κ1) is 17.9. The molecule has 0 radical (unpaired) electrons. The molecule has 0 aromatic carbocycles. The quantitative estimate of drug-likeness (QED) is 0.347. The first-order valence-electron chi connectivity index (χ1n) is 7.43. The lowest BCUT2D eigenvalue weighted by Crippen LogP contribution is -2.55. The SMILES string of the molecule is CCCCOOC(CCC)(C(C)(C)C)C(C)(C)C. The van der Waals surface area contributed by atoms with Crippen molar-refractivity contribution in [1.82, 2.24) is 0 Å². The van der Waals surface area contributed by atoms with Crippen molar-refractivity contribution in [1.29, 1.82) is 0 Å². The molecule has 0 amide bonds. The summed E-state index contributed by atoms with van der Waals surface area (Å²) in [5.74, 6) is 0. The fraction of sp³-hybridized carbons (Fsp3) is 1.00. The molecule has 0 fully saturated rings. The molecule has 0 saturated heterocycles. The van der Waals surface area contributed by atoms with Crippen LogP contribution in [0.2, 0.25) is 0 Å². The van der Waals surface area contributed by atoms with Gasteiger partial charge in [0.15, 0.2) is 0 Å². The van der Waals surface area contributed by atoms with Crippen molar-refractivity contribution in [3.8, 4) is 0 Å². The normalized spacial score (nSPS) is 14.0. The third kappa shape index (κ3) is 4.24. The molecule has 0 N–H and O–H groups in total. The third-order valence-electron chi connectivity index (χ3n) is 3.81. The smallest absolute Gasteiger partial charge is 0.113 e. The summed E-state index contributed by atoms with van der Waals surface area (Å²) in [4.78, 5) is 11.5. The molecule has 0 rings (SSSR count). The topological polar surface area (TPSA) is 18.5 Å². The molecule has 0 saturated carbocycles. The summed E-state index contributed by atoms with van der Waals surface area (Å²) in [5, 5.41) is 0. The Morgan fingerprint density at radius 3 is 1.61 bits per heavy atom. The van der Waals surface area contributed by atoms with Crippen LogP contribution in [0.25, 0.3) is 0 Å². The third-order valence-corrected chi connectivity index (χ3v) is 3.81. The van der Waals surface area contributed by atoms with Crippen LogP contribution in [0.15, 0.2) is 0 Å². The van der Waals surface area contributed by atoms with Crippen molar-refractivity contribution < 1.29 is 9.78 Å². The Balaban J connectivity index is 4.99. The van der Waals surface area contributed by atoms with Gasteiger partial charge >= 0.3 is 0 Å². The van der Waals surface area contributed by atoms with Gasteiger partial charge in [0.25, 0.3) is 0 Å². The minimum absolute atomic E-state index is 0.0491. The highest BCUT2D eigenvalue weighted by atomic mass is 17.2. The molecule has 0 aliphatic rings. The average Bonchev–Trinajstić information content (AvgIpc) is 2.19. The Hall–Kier alpha value is -0.0800. The first-order chi connectivity index (χ1) is 8.12. The minimum Gasteiger partial charge on any atom is -0.236 e. The summed E-state index contributed by atoms with van der Waals surface area (Å²) in [7, 11) is 0. The highest BCUT2D eigenvalue weighted by Crippen LogP contribution is 2.49. The van der Waals surface area contributed by atoms with Crippen molar-refractivity contribution in [2.45, 2.75) is 86.7 Å². The van der Waals surface area contributed by atoms with E-state index in [9.17, 15) is 0 Å². The van der Waals surface area contributed by atoms with Crippen LogP contribution >= 0.6 is 0 Å². The molecule has 0 heterocycles. The maximum absolute atomic E-state index is 6.00. The van der Waals surface area contributed by atoms with Gasteiger partial charge in [-0.2, -0.15) is 0 Å². The molecule has 0 aromatic rings. The highest BCUT2D eigenvalue weighted by molar-refractivity contribution is 5.00. The zero-order chi connectivity index (χ0) is 14.4. The van der Waals surface area contributed by atoms with Crippen molar-refractivity contribution in [2.24, 2.45) is 10.8 Å². The van der Waals surface area contributed by atoms with E-state index in [-0.39, 0.29) is 16.4 Å². The summed E-state index contributed by atoms with van der Waals surface area (Å²) in [5.41, 5.74) is -0.149. The van der Waals surface area contributed by atoms with Gasteiger partial charge < -0.3 is 0 Å². The monoisotopic (exact) mass is 258 g/mol. The van der Waals surface area contributed by atoms with Crippen LogP contribution in [-0.2, 0) is 9.78 Å². The molecule has 110 valence electrons. The second kappa shape index (κ2) is 6.91. The van der Waals surface area contributed by atoms with E-state index >= 15 is 0 Å². The molecule has 2 nitrogen and oxygen atoms in total. The highest BCUT2D eigenvalue weighted by Gasteiger charge is 2.52. The Kier molecular flexibility index (Phi) is 6.87. The first-order valence-corrected chi connectivity index (χ1v) is 7.43. The van der Waals surface area contributed by atoms with E-state index in [1.165, 1.54) is 0 Å². The van der Waals surface area contributed by atoms with E-state index in [1.54, 1.807) is 0 Å². The van der Waals surface area contributed by atoms with Gasteiger partial charge in [0.05, 0.1) is 6.61 Å². The molecule has 0 aliphatic heterocycles. The van der Waals surface area contributed by atoms with E-state index in [4.69, 9.17) is 9.78 Å². The van der Waals surface area contributed by atoms with Crippen LogP contribution < -0.4 is 0 Å². The lowest BCUT2D eigenvalue weighted by atomic mass is 9.61. The van der Waals surface area contributed by atoms with E-state index in [0.717, 1.165) is 25.7 Å². The van der Waals surface area contributed by atoms with E-state index in [1.807, 2.05) is 0 Å². The van der Waals surface area contributed by atoms with Crippen molar-refractivity contribution in [3.63, 3.8) is 0 Å². The number of rotatable bonds is 7. The molecule has 0 unspecified atom stereocenters. The second-order valence-electron chi connectivity index (χ2n) is 7.34. The van der Waals surface area contributed by atoms with Gasteiger partial charge in [0, 0.05) is 0 Å². The molecule has 2 heteroatoms. The summed E-state index contributed by atoms with van der Waals surface area (Å²) in [6, 6.07) is 0. The summed E-state index contributed by atoms with van der Waals surface area (Å²) in [6.45, 7) is 18.5. The average molecular weight is 258 g/mol. The van der Waals surface area contributed by atoms with E-state index in [0.29, 0.717) is 6.61 Å². The predicted molar refractivity (Wildman–Crippen MR) is 78.5 cm³/mol. The van der Waals surface area contributed by atoms with E-state index in [2.05, 4.69) is 55.4 Å². The summed E-state index contributed by atoms with van der Waals surface area (Å²) in [6.07, 6.45) is 4.31. The number of hydrogen-bond donors (Lipinski definition) is 0. The zero-order valence-electron chi connectivity index (χ0n) is 13.9. The molecule has 0 spiro atoms. The van der Waals surface area contributed by atoms with Gasteiger partial charge in [-0.1, -0.05) is 68.2 Å². The van der Waals surface area contributed by atoms with Crippen LogP contribution in [0.5, 0.6) is 0 Å². The van der Waals surface area contributed by atoms with Crippen molar-refractivity contribution in [2.75, 3.05) is 6.61 Å². The van der Waals surface area contributed by atoms with Gasteiger partial charge in [-0.15, -0.1) is 0 Å². The van der Waals surface area contributed by atoms with Crippen LogP contribution in [0.1, 0.15) is 81.1 Å². The number of unbranched alkanes of at least 4 members (excludes halogenated alkanes) is 1. The van der Waals surface area contributed by atoms with Gasteiger partial charge in [0.2, 0.25) is 0 Å². The lowest BCUT2D eigenvalue weighted by molar-refractivity contribution is -0.408. The summed E-state index contributed by atoms with van der Waals surface area (Å²) < 4.78 is 0. The van der Waals surface area contributed by atoms with Gasteiger partial charge in [-0.25, -0.2) is 9.78 Å². The Morgan fingerprint density at radius 1 is 0.778 bits per heavy atom. The largest absolute Gasteiger partial charge is 0.236 e. The molecule has 0 atom stereocenters. The lowest BCUT2D eigenvalue weighted by Gasteiger charge is -2.51. The van der Waals surface area contributed by atoms with Crippen LogP contribution in [-0.4, -0.2) is 12.2 Å². The van der Waals surface area contributed by atoms with Crippen molar-refractivity contribution >= 4 is 0 Å². The molecule has 18 heavy (non-hydrogen) atoms. The maximum Gasteiger partial charge on any atom is 0.113 e. The standard InChI is InChI=1S/C16H34O2/c1-9-11-13-17-18-16(12-10-2,14(3,4)5)15(6,7)8/h9-13H2,1-8H3. The van der Waals surface area contributed by atoms with Gasteiger partial charge in [0.1, 0.15) is 5.60 Å². The van der Waals surface area contributed by atoms with Crippen LogP contribution in [0.4, 0.5) is 0 Å².